The van der Waals surface area contributed by atoms with Gasteiger partial charge in [-0.1, -0.05) is 26.8 Å². The number of nitrogens with zero attached hydrogens (tertiary/aromatic N) is 2. The molecule has 27 heavy (non-hydrogen) atoms. The first-order valence-electron chi connectivity index (χ1n) is 9.00. The smallest absolute Gasteiger partial charge is 0.333 e. The molecule has 150 valence electrons. The molecule has 0 fully saturated rings. The molecule has 1 aromatic rings. The molecule has 7 nitrogen and oxygen atoms in total. The topological polar surface area (TPSA) is 80.6 Å². The zero-order valence-corrected chi connectivity index (χ0v) is 17.3. The first-order valence-corrected chi connectivity index (χ1v) is 9.00. The van der Waals surface area contributed by atoms with Crippen molar-refractivity contribution in [2.75, 3.05) is 20.2 Å². The lowest BCUT2D eigenvalue weighted by Gasteiger charge is -2.33. The predicted molar refractivity (Wildman–Crippen MR) is 104 cm³/mol. The van der Waals surface area contributed by atoms with Crippen LogP contribution in [0, 0.1) is 5.41 Å². The Morgan fingerprint density at radius 2 is 1.96 bits per heavy atom. The minimum absolute atomic E-state index is 0.224. The van der Waals surface area contributed by atoms with Gasteiger partial charge < -0.3 is 19.5 Å². The summed E-state index contributed by atoms with van der Waals surface area (Å²) in [5, 5.41) is 2.85. The minimum atomic E-state index is -0.707. The van der Waals surface area contributed by atoms with Gasteiger partial charge in [-0.3, -0.25) is 9.59 Å². The number of aromatic nitrogens is 1. The summed E-state index contributed by atoms with van der Waals surface area (Å²) >= 11 is 0. The molecule has 0 saturated heterocycles. The van der Waals surface area contributed by atoms with Gasteiger partial charge in [0.15, 0.2) is 0 Å². The van der Waals surface area contributed by atoms with Crippen molar-refractivity contribution in [2.45, 2.75) is 40.7 Å². The van der Waals surface area contributed by atoms with Crippen LogP contribution in [-0.4, -0.2) is 53.5 Å². The van der Waals surface area contributed by atoms with Gasteiger partial charge in [0, 0.05) is 32.4 Å². The molecule has 2 amide bonds. The standard InChI is InChI=1S/C20H31N3O4/c1-8-27-19(26)14(2)11-13-23(7)18(25)16(20(3,4)5)21-17(24)15-10-9-12-22(15)6/h9-12,16H,8,13H2,1-7H3,(H,21,24)/b14-11+. The Kier molecular flexibility index (Phi) is 7.82. The number of carbonyl (C=O) groups is 3. The van der Waals surface area contributed by atoms with Crippen LogP contribution in [0.3, 0.4) is 0 Å². The molecule has 0 aliphatic carbocycles. The summed E-state index contributed by atoms with van der Waals surface area (Å²) in [7, 11) is 3.42. The molecular formula is C20H31N3O4. The largest absolute Gasteiger partial charge is 0.463 e. The summed E-state index contributed by atoms with van der Waals surface area (Å²) in [5.41, 5.74) is 0.445. The molecule has 1 atom stereocenters. The van der Waals surface area contributed by atoms with Gasteiger partial charge in [-0.2, -0.15) is 0 Å². The van der Waals surface area contributed by atoms with Crippen molar-refractivity contribution in [3.8, 4) is 0 Å². The molecule has 1 aromatic heterocycles. The van der Waals surface area contributed by atoms with E-state index in [-0.39, 0.29) is 18.4 Å². The predicted octanol–water partition coefficient (Wildman–Crippen LogP) is 2.14. The Bertz CT molecular complexity index is 713. The van der Waals surface area contributed by atoms with Crippen molar-refractivity contribution in [2.24, 2.45) is 12.5 Å². The van der Waals surface area contributed by atoms with Gasteiger partial charge in [0.25, 0.3) is 5.91 Å². The Balaban J connectivity index is 2.89. The second kappa shape index (κ2) is 9.39. The third-order valence-corrected chi connectivity index (χ3v) is 4.21. The molecule has 0 spiro atoms. The number of hydrogen-bond donors (Lipinski definition) is 1. The fraction of sp³-hybridized carbons (Fsp3) is 0.550. The lowest BCUT2D eigenvalue weighted by molar-refractivity contribution is -0.138. The van der Waals surface area contributed by atoms with E-state index in [0.29, 0.717) is 17.9 Å². The molecule has 1 rings (SSSR count). The van der Waals surface area contributed by atoms with Crippen LogP contribution in [0.25, 0.3) is 0 Å². The number of rotatable bonds is 7. The van der Waals surface area contributed by atoms with Gasteiger partial charge in [-0.05, 0) is 31.4 Å². The van der Waals surface area contributed by atoms with Crippen LogP contribution in [0.2, 0.25) is 0 Å². The van der Waals surface area contributed by atoms with Gasteiger partial charge in [0.2, 0.25) is 5.91 Å². The van der Waals surface area contributed by atoms with Crippen molar-refractivity contribution in [1.29, 1.82) is 0 Å². The van der Waals surface area contributed by atoms with Gasteiger partial charge in [0.05, 0.1) is 6.61 Å². The Morgan fingerprint density at radius 1 is 1.33 bits per heavy atom. The molecule has 0 aliphatic heterocycles. The Morgan fingerprint density at radius 3 is 2.44 bits per heavy atom. The van der Waals surface area contributed by atoms with Crippen molar-refractivity contribution >= 4 is 17.8 Å². The molecule has 0 radical (unpaired) electrons. The lowest BCUT2D eigenvalue weighted by atomic mass is 9.85. The van der Waals surface area contributed by atoms with Crippen molar-refractivity contribution in [1.82, 2.24) is 14.8 Å². The van der Waals surface area contributed by atoms with E-state index in [4.69, 9.17) is 4.74 Å². The number of ether oxygens (including phenoxy) is 1. The van der Waals surface area contributed by atoms with Gasteiger partial charge in [0.1, 0.15) is 11.7 Å². The quantitative estimate of drug-likeness (QED) is 0.583. The van der Waals surface area contributed by atoms with E-state index in [1.807, 2.05) is 20.8 Å². The van der Waals surface area contributed by atoms with E-state index < -0.39 is 17.4 Å². The maximum atomic E-state index is 12.9. The maximum Gasteiger partial charge on any atom is 0.333 e. The van der Waals surface area contributed by atoms with Crippen molar-refractivity contribution < 1.29 is 19.1 Å². The van der Waals surface area contributed by atoms with E-state index in [2.05, 4.69) is 5.32 Å². The summed E-state index contributed by atoms with van der Waals surface area (Å²) in [6.45, 7) is 9.63. The number of likely N-dealkylation sites (N-methyl/N-ethyl adjacent to an activating group) is 1. The number of nitrogens with one attached hydrogen (secondary N) is 1. The highest BCUT2D eigenvalue weighted by atomic mass is 16.5. The van der Waals surface area contributed by atoms with Crippen LogP contribution in [0.15, 0.2) is 30.0 Å². The molecule has 1 unspecified atom stereocenters. The molecular weight excluding hydrogens is 346 g/mol. The maximum absolute atomic E-state index is 12.9. The van der Waals surface area contributed by atoms with Crippen LogP contribution < -0.4 is 5.32 Å². The number of amides is 2. The highest BCUT2D eigenvalue weighted by Gasteiger charge is 2.35. The molecule has 0 bridgehead atoms. The summed E-state index contributed by atoms with van der Waals surface area (Å²) in [5.74, 6) is -0.928. The first kappa shape index (κ1) is 22.5. The van der Waals surface area contributed by atoms with Crippen LogP contribution in [0.5, 0.6) is 0 Å². The molecule has 0 saturated carbocycles. The number of carbonyl (C=O) groups excluding carboxylic acids is 3. The highest BCUT2D eigenvalue weighted by molar-refractivity contribution is 5.96. The summed E-state index contributed by atoms with van der Waals surface area (Å²) < 4.78 is 6.64. The SMILES string of the molecule is CCOC(=O)/C(C)=C/CN(C)C(=O)C(NC(=O)c1cccn1C)C(C)(C)C. The van der Waals surface area contributed by atoms with Crippen LogP contribution >= 0.6 is 0 Å². The normalized spacial score (nSPS) is 13.1. The summed E-state index contributed by atoms with van der Waals surface area (Å²) in [6.07, 6.45) is 3.42. The first-order chi connectivity index (χ1) is 12.5. The zero-order valence-electron chi connectivity index (χ0n) is 17.3. The molecule has 7 heteroatoms. The monoisotopic (exact) mass is 377 g/mol. The fourth-order valence-electron chi connectivity index (χ4n) is 2.46. The number of hydrogen-bond acceptors (Lipinski definition) is 4. The second-order valence-corrected chi connectivity index (χ2v) is 7.60. The minimum Gasteiger partial charge on any atom is -0.463 e. The molecule has 1 heterocycles. The zero-order chi connectivity index (χ0) is 20.8. The van der Waals surface area contributed by atoms with Gasteiger partial charge >= 0.3 is 5.97 Å². The average molecular weight is 377 g/mol. The summed E-state index contributed by atoms with van der Waals surface area (Å²) in [4.78, 5) is 38.7. The van der Waals surface area contributed by atoms with Crippen molar-refractivity contribution in [3.63, 3.8) is 0 Å². The molecule has 1 N–H and O–H groups in total. The van der Waals surface area contributed by atoms with E-state index in [9.17, 15) is 14.4 Å². The Labute approximate surface area is 161 Å². The highest BCUT2D eigenvalue weighted by Crippen LogP contribution is 2.21. The number of aryl methyl sites for hydroxylation is 1. The van der Waals surface area contributed by atoms with Gasteiger partial charge in [-0.15, -0.1) is 0 Å². The third-order valence-electron chi connectivity index (χ3n) is 4.21. The van der Waals surface area contributed by atoms with Gasteiger partial charge in [-0.25, -0.2) is 4.79 Å². The fourth-order valence-corrected chi connectivity index (χ4v) is 2.46. The second-order valence-electron chi connectivity index (χ2n) is 7.60. The van der Waals surface area contributed by atoms with E-state index in [1.165, 1.54) is 4.90 Å². The molecule has 0 aliphatic rings. The van der Waals surface area contributed by atoms with Crippen LogP contribution in [-0.2, 0) is 21.4 Å². The molecule has 0 aromatic carbocycles. The number of esters is 1. The van der Waals surface area contributed by atoms with E-state index in [0.717, 1.165) is 0 Å². The van der Waals surface area contributed by atoms with Crippen molar-refractivity contribution in [3.05, 3.63) is 35.7 Å². The van der Waals surface area contributed by atoms with E-state index >= 15 is 0 Å². The van der Waals surface area contributed by atoms with Crippen LogP contribution in [0.1, 0.15) is 45.1 Å². The van der Waals surface area contributed by atoms with E-state index in [1.54, 1.807) is 56.9 Å². The Hall–Kier alpha value is -2.57. The average Bonchev–Trinajstić information content (AvgIpc) is 3.01. The summed E-state index contributed by atoms with van der Waals surface area (Å²) in [6, 6.07) is 2.77. The third kappa shape index (κ3) is 6.27. The lowest BCUT2D eigenvalue weighted by Crippen LogP contribution is -2.54. The van der Waals surface area contributed by atoms with Crippen LogP contribution in [0.4, 0.5) is 0 Å².